The van der Waals surface area contributed by atoms with Gasteiger partial charge in [0.15, 0.2) is 0 Å². The van der Waals surface area contributed by atoms with Gasteiger partial charge < -0.3 is 19.5 Å². The van der Waals surface area contributed by atoms with Crippen molar-refractivity contribution in [3.05, 3.63) is 36.4 Å². The summed E-state index contributed by atoms with van der Waals surface area (Å²) in [6.45, 7) is 8.20. The number of benzene rings is 2. The molecular formula is C18H20BNO3. The second kappa shape index (κ2) is 4.52. The zero-order valence-corrected chi connectivity index (χ0v) is 13.8. The number of furan rings is 1. The molecule has 2 aromatic carbocycles. The number of hydrogen-bond acceptors (Lipinski definition) is 4. The van der Waals surface area contributed by atoms with Crippen LogP contribution in [0.15, 0.2) is 40.8 Å². The van der Waals surface area contributed by atoms with Crippen LogP contribution in [0.2, 0.25) is 0 Å². The molecule has 1 saturated heterocycles. The molecule has 2 heterocycles. The Balaban J connectivity index is 1.97. The van der Waals surface area contributed by atoms with Gasteiger partial charge >= 0.3 is 7.12 Å². The minimum atomic E-state index is -0.441. The quantitative estimate of drug-likeness (QED) is 0.552. The Labute approximate surface area is 135 Å². The van der Waals surface area contributed by atoms with Gasteiger partial charge in [0.2, 0.25) is 0 Å². The molecule has 0 unspecified atom stereocenters. The van der Waals surface area contributed by atoms with Gasteiger partial charge in [0.05, 0.1) is 16.6 Å². The molecule has 0 amide bonds. The molecule has 0 radical (unpaired) electrons. The first-order valence-electron chi connectivity index (χ1n) is 7.85. The van der Waals surface area contributed by atoms with Gasteiger partial charge in [-0.1, -0.05) is 18.2 Å². The van der Waals surface area contributed by atoms with E-state index in [1.54, 1.807) is 0 Å². The molecule has 3 aromatic rings. The molecule has 23 heavy (non-hydrogen) atoms. The van der Waals surface area contributed by atoms with Gasteiger partial charge in [-0.25, -0.2) is 0 Å². The largest absolute Gasteiger partial charge is 0.495 e. The van der Waals surface area contributed by atoms with Crippen LogP contribution in [0, 0.1) is 0 Å². The monoisotopic (exact) mass is 309 g/mol. The van der Waals surface area contributed by atoms with Crippen molar-refractivity contribution in [2.75, 3.05) is 5.73 Å². The van der Waals surface area contributed by atoms with Gasteiger partial charge in [0.25, 0.3) is 0 Å². The van der Waals surface area contributed by atoms with Crippen molar-refractivity contribution in [1.82, 2.24) is 0 Å². The van der Waals surface area contributed by atoms with Crippen LogP contribution in [0.3, 0.4) is 0 Å². The third-order valence-electron chi connectivity index (χ3n) is 5.09. The SMILES string of the molecule is CC1(C)OB(c2cccc3oc4cccc(N)c4c23)OC1(C)C. The molecule has 1 aliphatic rings. The van der Waals surface area contributed by atoms with Gasteiger partial charge in [0.1, 0.15) is 11.2 Å². The Bertz CT molecular complexity index is 897. The summed E-state index contributed by atoms with van der Waals surface area (Å²) in [6.07, 6.45) is 0. The van der Waals surface area contributed by atoms with Crippen LogP contribution >= 0.6 is 0 Å². The van der Waals surface area contributed by atoms with E-state index in [1.165, 1.54) is 0 Å². The first-order chi connectivity index (χ1) is 10.8. The average Bonchev–Trinajstić information content (AvgIpc) is 2.94. The van der Waals surface area contributed by atoms with Crippen molar-refractivity contribution >= 4 is 40.2 Å². The normalized spacial score (nSPS) is 19.7. The Hall–Kier alpha value is -1.98. The molecule has 4 rings (SSSR count). The number of anilines is 1. The number of hydrogen-bond donors (Lipinski definition) is 1. The van der Waals surface area contributed by atoms with Crippen LogP contribution in [0.5, 0.6) is 0 Å². The van der Waals surface area contributed by atoms with Crippen LogP contribution in [-0.2, 0) is 9.31 Å². The fourth-order valence-electron chi connectivity index (χ4n) is 3.09. The Kier molecular flexibility index (Phi) is 2.87. The van der Waals surface area contributed by atoms with Gasteiger partial charge in [-0.05, 0) is 51.4 Å². The molecule has 0 bridgehead atoms. The van der Waals surface area contributed by atoms with Crippen molar-refractivity contribution < 1.29 is 13.7 Å². The van der Waals surface area contributed by atoms with Crippen LogP contribution in [-0.4, -0.2) is 18.3 Å². The van der Waals surface area contributed by atoms with Gasteiger partial charge in [0, 0.05) is 11.1 Å². The van der Waals surface area contributed by atoms with Crippen LogP contribution in [0.25, 0.3) is 21.9 Å². The maximum atomic E-state index is 6.21. The van der Waals surface area contributed by atoms with E-state index in [0.29, 0.717) is 5.69 Å². The summed E-state index contributed by atoms with van der Waals surface area (Å²) in [4.78, 5) is 0. The summed E-state index contributed by atoms with van der Waals surface area (Å²) in [5.74, 6) is 0. The maximum absolute atomic E-state index is 6.21. The third kappa shape index (κ3) is 2.00. The molecule has 1 fully saturated rings. The zero-order valence-electron chi connectivity index (χ0n) is 13.8. The minimum absolute atomic E-state index is 0.384. The predicted molar refractivity (Wildman–Crippen MR) is 93.8 cm³/mol. The molecule has 0 atom stereocenters. The highest BCUT2D eigenvalue weighted by Crippen LogP contribution is 2.38. The Morgan fingerprint density at radius 1 is 0.826 bits per heavy atom. The van der Waals surface area contributed by atoms with Crippen LogP contribution in [0.1, 0.15) is 27.7 Å². The average molecular weight is 309 g/mol. The summed E-state index contributed by atoms with van der Waals surface area (Å²) >= 11 is 0. The topological polar surface area (TPSA) is 57.6 Å². The number of rotatable bonds is 1. The third-order valence-corrected chi connectivity index (χ3v) is 5.09. The predicted octanol–water partition coefficient (Wildman–Crippen LogP) is 3.47. The lowest BCUT2D eigenvalue weighted by molar-refractivity contribution is 0.00578. The van der Waals surface area contributed by atoms with Crippen molar-refractivity contribution in [2.24, 2.45) is 0 Å². The van der Waals surface area contributed by atoms with E-state index < -0.39 is 7.12 Å². The second-order valence-electron chi connectivity index (χ2n) is 7.13. The number of nitrogens with two attached hydrogens (primary N) is 1. The smallest absolute Gasteiger partial charge is 0.456 e. The lowest BCUT2D eigenvalue weighted by Gasteiger charge is -2.32. The first kappa shape index (κ1) is 14.6. The summed E-state index contributed by atoms with van der Waals surface area (Å²) < 4.78 is 18.4. The van der Waals surface area contributed by atoms with E-state index in [4.69, 9.17) is 19.5 Å². The van der Waals surface area contributed by atoms with E-state index >= 15 is 0 Å². The maximum Gasteiger partial charge on any atom is 0.495 e. The van der Waals surface area contributed by atoms with Crippen molar-refractivity contribution in [3.63, 3.8) is 0 Å². The van der Waals surface area contributed by atoms with Crippen molar-refractivity contribution in [2.45, 2.75) is 38.9 Å². The van der Waals surface area contributed by atoms with Gasteiger partial charge in [-0.15, -0.1) is 0 Å². The lowest BCUT2D eigenvalue weighted by atomic mass is 9.76. The second-order valence-corrected chi connectivity index (χ2v) is 7.13. The highest BCUT2D eigenvalue weighted by molar-refractivity contribution is 6.66. The molecule has 118 valence electrons. The number of fused-ring (bicyclic) bond motifs is 3. The standard InChI is InChI=1S/C18H20BNO3/c1-17(2)18(3,4)23-19(22-17)11-7-5-9-13-15(11)16-12(20)8-6-10-14(16)21-13/h5-10H,20H2,1-4H3. The molecule has 5 heteroatoms. The summed E-state index contributed by atoms with van der Waals surface area (Å²) in [5, 5.41) is 1.90. The minimum Gasteiger partial charge on any atom is -0.456 e. The molecule has 2 N–H and O–H groups in total. The highest BCUT2D eigenvalue weighted by atomic mass is 16.7. The molecule has 0 saturated carbocycles. The number of nitrogen functional groups attached to an aromatic ring is 1. The molecule has 0 spiro atoms. The zero-order chi connectivity index (χ0) is 16.4. The van der Waals surface area contributed by atoms with Gasteiger partial charge in [-0.2, -0.15) is 0 Å². The molecule has 0 aliphatic carbocycles. The van der Waals surface area contributed by atoms with E-state index in [2.05, 4.69) is 27.7 Å². The van der Waals surface area contributed by atoms with E-state index in [-0.39, 0.29) is 11.2 Å². The van der Waals surface area contributed by atoms with E-state index in [9.17, 15) is 0 Å². The Morgan fingerprint density at radius 3 is 2.04 bits per heavy atom. The van der Waals surface area contributed by atoms with Crippen LogP contribution in [0.4, 0.5) is 5.69 Å². The summed E-state index contributed by atoms with van der Waals surface area (Å²) in [7, 11) is -0.441. The highest BCUT2D eigenvalue weighted by Gasteiger charge is 2.52. The molecular weight excluding hydrogens is 289 g/mol. The van der Waals surface area contributed by atoms with E-state index in [0.717, 1.165) is 27.4 Å². The molecule has 1 aromatic heterocycles. The van der Waals surface area contributed by atoms with Gasteiger partial charge in [-0.3, -0.25) is 0 Å². The molecule has 4 nitrogen and oxygen atoms in total. The lowest BCUT2D eigenvalue weighted by Crippen LogP contribution is -2.41. The Morgan fingerprint density at radius 2 is 1.39 bits per heavy atom. The summed E-state index contributed by atoms with van der Waals surface area (Å²) in [6, 6.07) is 11.6. The van der Waals surface area contributed by atoms with Crippen LogP contribution < -0.4 is 11.2 Å². The fraction of sp³-hybridized carbons (Fsp3) is 0.333. The van der Waals surface area contributed by atoms with Crippen molar-refractivity contribution in [1.29, 1.82) is 0 Å². The molecule has 1 aliphatic heterocycles. The van der Waals surface area contributed by atoms with Crippen molar-refractivity contribution in [3.8, 4) is 0 Å². The first-order valence-corrected chi connectivity index (χ1v) is 7.85. The van der Waals surface area contributed by atoms with E-state index in [1.807, 2.05) is 36.4 Å². The summed E-state index contributed by atoms with van der Waals surface area (Å²) in [5.41, 5.74) is 8.66. The fourth-order valence-corrected chi connectivity index (χ4v) is 3.09.